The quantitative estimate of drug-likeness (QED) is 0.165. The number of nitro benzene ring substituents is 1. The number of hydrogen-bond donors (Lipinski definition) is 3. The van der Waals surface area contributed by atoms with Gasteiger partial charge < -0.3 is 25.6 Å². The van der Waals surface area contributed by atoms with Gasteiger partial charge in [0.2, 0.25) is 5.95 Å². The second kappa shape index (κ2) is 13.3. The van der Waals surface area contributed by atoms with E-state index in [-0.39, 0.29) is 11.7 Å². The number of piperidine rings is 1. The van der Waals surface area contributed by atoms with Crippen molar-refractivity contribution < 1.29 is 19.2 Å². The summed E-state index contributed by atoms with van der Waals surface area (Å²) < 4.78 is 5.42. The van der Waals surface area contributed by atoms with E-state index in [1.54, 1.807) is 24.4 Å². The largest absolute Gasteiger partial charge is 0.444 e. The van der Waals surface area contributed by atoms with Gasteiger partial charge in [0.15, 0.2) is 5.82 Å². The first-order valence-corrected chi connectivity index (χ1v) is 14.0. The monoisotopic (exact) mass is 588 g/mol. The van der Waals surface area contributed by atoms with E-state index < -0.39 is 22.5 Å². The molecule has 0 aliphatic carbocycles. The van der Waals surface area contributed by atoms with E-state index in [4.69, 9.17) is 14.7 Å². The number of nitro groups is 1. The van der Waals surface area contributed by atoms with Crippen molar-refractivity contribution in [2.75, 3.05) is 28.6 Å². The van der Waals surface area contributed by atoms with E-state index in [1.807, 2.05) is 45.6 Å². The number of carbonyl (C=O) groups is 2. The van der Waals surface area contributed by atoms with Crippen molar-refractivity contribution in [1.82, 2.24) is 15.3 Å². The number of ether oxygens (including phenoxy) is 1. The number of aliphatic imine (C=N–C) groups is 1. The third-order valence-electron chi connectivity index (χ3n) is 6.45. The molecular formula is C30H36N8O5. The van der Waals surface area contributed by atoms with Gasteiger partial charge in [-0.1, -0.05) is 6.07 Å². The van der Waals surface area contributed by atoms with Gasteiger partial charge in [0, 0.05) is 54.4 Å². The number of benzene rings is 2. The van der Waals surface area contributed by atoms with Crippen LogP contribution in [-0.4, -0.2) is 57.8 Å². The molecular weight excluding hydrogens is 552 g/mol. The molecule has 2 heterocycles. The third kappa shape index (κ3) is 8.47. The fourth-order valence-corrected chi connectivity index (χ4v) is 4.56. The fraction of sp³-hybridized carbons (Fsp3) is 0.367. The van der Waals surface area contributed by atoms with Crippen molar-refractivity contribution in [3.63, 3.8) is 0 Å². The van der Waals surface area contributed by atoms with Gasteiger partial charge in [-0.05, 0) is 77.8 Å². The van der Waals surface area contributed by atoms with E-state index in [0.717, 1.165) is 19.4 Å². The van der Waals surface area contributed by atoms with Crippen LogP contribution in [0, 0.1) is 17.0 Å². The van der Waals surface area contributed by atoms with Crippen molar-refractivity contribution in [1.29, 1.82) is 0 Å². The Morgan fingerprint density at radius 1 is 1.14 bits per heavy atom. The second-order valence-corrected chi connectivity index (χ2v) is 11.1. The van der Waals surface area contributed by atoms with Gasteiger partial charge in [-0.2, -0.15) is 4.98 Å². The van der Waals surface area contributed by atoms with E-state index in [2.05, 4.69) is 20.9 Å². The summed E-state index contributed by atoms with van der Waals surface area (Å²) in [6.07, 6.45) is 2.87. The smallest absolute Gasteiger partial charge is 0.407 e. The fourth-order valence-electron chi connectivity index (χ4n) is 4.56. The minimum atomic E-state index is -0.584. The summed E-state index contributed by atoms with van der Waals surface area (Å²) in [6, 6.07) is 12.4. The van der Waals surface area contributed by atoms with Crippen molar-refractivity contribution in [2.45, 2.75) is 59.1 Å². The molecule has 4 rings (SSSR count). The van der Waals surface area contributed by atoms with Crippen LogP contribution in [0.2, 0.25) is 0 Å². The number of aryl methyl sites for hydroxylation is 1. The molecule has 1 aliphatic heterocycles. The van der Waals surface area contributed by atoms with Crippen LogP contribution in [0.4, 0.5) is 39.3 Å². The molecule has 0 saturated carbocycles. The summed E-state index contributed by atoms with van der Waals surface area (Å²) in [7, 11) is 0. The number of hydrogen-bond acceptors (Lipinski definition) is 10. The minimum absolute atomic E-state index is 0.0906. The van der Waals surface area contributed by atoms with Crippen molar-refractivity contribution in [2.24, 2.45) is 4.99 Å². The summed E-state index contributed by atoms with van der Waals surface area (Å²) in [5, 5.41) is 20.0. The molecule has 1 saturated heterocycles. The van der Waals surface area contributed by atoms with Gasteiger partial charge in [0.1, 0.15) is 11.3 Å². The number of carbonyl (C=O) groups excluding carboxylic acids is 2. The molecule has 1 fully saturated rings. The topological polar surface area (TPSA) is 164 Å². The average Bonchev–Trinajstić information content (AvgIpc) is 2.94. The number of amides is 2. The van der Waals surface area contributed by atoms with Gasteiger partial charge in [0.05, 0.1) is 10.6 Å². The van der Waals surface area contributed by atoms with Crippen LogP contribution in [0.25, 0.3) is 0 Å². The first-order chi connectivity index (χ1) is 20.4. The number of rotatable bonds is 8. The maximum atomic E-state index is 12.7. The van der Waals surface area contributed by atoms with Crippen molar-refractivity contribution in [3.05, 3.63) is 69.9 Å². The molecule has 2 aromatic carbocycles. The predicted octanol–water partition coefficient (Wildman–Crippen LogP) is 5.90. The zero-order chi connectivity index (χ0) is 31.1. The Morgan fingerprint density at radius 2 is 1.86 bits per heavy atom. The molecule has 43 heavy (non-hydrogen) atoms. The maximum absolute atomic E-state index is 12.7. The van der Waals surface area contributed by atoms with Gasteiger partial charge in [-0.25, -0.2) is 9.78 Å². The summed E-state index contributed by atoms with van der Waals surface area (Å²) in [5.74, 6) is 0.596. The third-order valence-corrected chi connectivity index (χ3v) is 6.45. The van der Waals surface area contributed by atoms with Crippen LogP contribution in [0.5, 0.6) is 0 Å². The molecule has 2 amide bonds. The molecule has 1 unspecified atom stereocenters. The second-order valence-electron chi connectivity index (χ2n) is 11.1. The zero-order valence-electron chi connectivity index (χ0n) is 24.9. The normalized spacial score (nSPS) is 15.2. The first kappa shape index (κ1) is 30.9. The standard InChI is InChI=1S/C30H36N8O5/c1-6-31-25-19(2)32-28(37-16-8-11-23(18-37)35-29(40)43-30(3,4)5)36-26(25)33-21-9-7-10-22(17-21)34-27(39)20-12-14-24(15-13-20)38(41)42/h6-7,9-10,12-15,17,23H,8,11,16,18H2,1-5H3,(H,34,39)(H,35,40)(H,32,33,36). The highest BCUT2D eigenvalue weighted by molar-refractivity contribution is 6.04. The van der Waals surface area contributed by atoms with Gasteiger partial charge in [-0.3, -0.25) is 19.9 Å². The van der Waals surface area contributed by atoms with Gasteiger partial charge >= 0.3 is 6.09 Å². The Morgan fingerprint density at radius 3 is 2.53 bits per heavy atom. The van der Waals surface area contributed by atoms with Crippen molar-refractivity contribution >= 4 is 52.7 Å². The van der Waals surface area contributed by atoms with Gasteiger partial charge in [-0.15, -0.1) is 0 Å². The molecule has 3 aromatic rings. The Kier molecular flexibility index (Phi) is 9.53. The molecule has 0 bridgehead atoms. The Balaban J connectivity index is 1.52. The molecule has 3 N–H and O–H groups in total. The summed E-state index contributed by atoms with van der Waals surface area (Å²) >= 11 is 0. The number of alkyl carbamates (subject to hydrolysis) is 1. The number of non-ortho nitro benzene ring substituents is 1. The zero-order valence-corrected chi connectivity index (χ0v) is 24.9. The van der Waals surface area contributed by atoms with E-state index >= 15 is 0 Å². The Bertz CT molecular complexity index is 1520. The van der Waals surface area contributed by atoms with E-state index in [0.29, 0.717) is 46.6 Å². The molecule has 1 aromatic heterocycles. The van der Waals surface area contributed by atoms with E-state index in [9.17, 15) is 19.7 Å². The predicted molar refractivity (Wildman–Crippen MR) is 166 cm³/mol. The van der Waals surface area contributed by atoms with Gasteiger partial charge in [0.25, 0.3) is 11.6 Å². The Hall–Kier alpha value is -5.07. The van der Waals surface area contributed by atoms with Crippen LogP contribution < -0.4 is 20.9 Å². The molecule has 1 atom stereocenters. The lowest BCUT2D eigenvalue weighted by Gasteiger charge is -2.34. The van der Waals surface area contributed by atoms with Crippen LogP contribution in [0.1, 0.15) is 56.6 Å². The van der Waals surface area contributed by atoms with Crippen molar-refractivity contribution in [3.8, 4) is 0 Å². The molecule has 13 heteroatoms. The Labute approximate surface area is 249 Å². The van der Waals surface area contributed by atoms with Crippen LogP contribution in [0.3, 0.4) is 0 Å². The highest BCUT2D eigenvalue weighted by Gasteiger charge is 2.26. The highest BCUT2D eigenvalue weighted by Crippen LogP contribution is 2.32. The highest BCUT2D eigenvalue weighted by atomic mass is 16.6. The molecule has 0 radical (unpaired) electrons. The lowest BCUT2D eigenvalue weighted by atomic mass is 10.1. The van der Waals surface area contributed by atoms with Crippen LogP contribution >= 0.6 is 0 Å². The summed E-state index contributed by atoms with van der Waals surface area (Å²) in [5.41, 5.74) is 2.04. The number of anilines is 4. The first-order valence-electron chi connectivity index (χ1n) is 14.0. The SMILES string of the molecule is CC=Nc1c(C)nc(N2CCCC(NC(=O)OC(C)(C)C)C2)nc1Nc1cccc(NC(=O)c2ccc([N+](=O)[O-])cc2)c1. The van der Waals surface area contributed by atoms with Crippen LogP contribution in [0.15, 0.2) is 53.5 Å². The van der Waals surface area contributed by atoms with Crippen LogP contribution in [-0.2, 0) is 4.74 Å². The maximum Gasteiger partial charge on any atom is 0.407 e. The molecule has 1 aliphatic rings. The molecule has 0 spiro atoms. The summed E-state index contributed by atoms with van der Waals surface area (Å²) in [4.78, 5) is 51.5. The molecule has 13 nitrogen and oxygen atoms in total. The number of aromatic nitrogens is 2. The minimum Gasteiger partial charge on any atom is -0.444 e. The summed E-state index contributed by atoms with van der Waals surface area (Å²) in [6.45, 7) is 10.4. The lowest BCUT2D eigenvalue weighted by Crippen LogP contribution is -2.49. The van der Waals surface area contributed by atoms with E-state index in [1.165, 1.54) is 24.3 Å². The lowest BCUT2D eigenvalue weighted by molar-refractivity contribution is -0.384. The molecule has 226 valence electrons. The number of nitrogens with one attached hydrogen (secondary N) is 3. The number of nitrogens with zero attached hydrogens (tertiary/aromatic N) is 5. The average molecular weight is 589 g/mol.